The lowest BCUT2D eigenvalue weighted by Crippen LogP contribution is -2.41. The van der Waals surface area contributed by atoms with Gasteiger partial charge >= 0.3 is 12.1 Å². The van der Waals surface area contributed by atoms with Crippen molar-refractivity contribution in [3.8, 4) is 0 Å². The van der Waals surface area contributed by atoms with Crippen LogP contribution in [-0.2, 0) is 24.3 Å². The Morgan fingerprint density at radius 3 is 2.47 bits per heavy atom. The van der Waals surface area contributed by atoms with Gasteiger partial charge in [-0.1, -0.05) is 17.7 Å². The minimum absolute atomic E-state index is 0.0706. The van der Waals surface area contributed by atoms with Crippen LogP contribution in [-0.4, -0.2) is 56.2 Å². The van der Waals surface area contributed by atoms with Gasteiger partial charge < -0.3 is 14.4 Å². The molecule has 1 heterocycles. The van der Waals surface area contributed by atoms with Gasteiger partial charge in [-0.25, -0.2) is 22.7 Å². The predicted molar refractivity (Wildman–Crippen MR) is 113 cm³/mol. The van der Waals surface area contributed by atoms with Crippen LogP contribution >= 0.6 is 11.6 Å². The van der Waals surface area contributed by atoms with Crippen molar-refractivity contribution in [3.63, 3.8) is 0 Å². The summed E-state index contributed by atoms with van der Waals surface area (Å²) in [6.45, 7) is 7.24. The summed E-state index contributed by atoms with van der Waals surface area (Å²) >= 11 is 5.82. The van der Waals surface area contributed by atoms with Crippen molar-refractivity contribution in [1.29, 1.82) is 0 Å². The molecule has 1 aromatic rings. The summed E-state index contributed by atoms with van der Waals surface area (Å²) in [5.41, 5.74) is -0.715. The SMILES string of the molecule is CCOC(=O)C=C[C@@H]1C[C@@H](NS(=O)(=O)c2ccc(Cl)cc2)CN1C(=O)OC(C)(C)C. The van der Waals surface area contributed by atoms with Gasteiger partial charge in [0, 0.05) is 23.7 Å². The molecule has 2 atom stereocenters. The molecule has 10 heteroatoms. The zero-order valence-corrected chi connectivity index (χ0v) is 19.0. The number of likely N-dealkylation sites (tertiary alicyclic amines) is 1. The second kappa shape index (κ2) is 9.80. The van der Waals surface area contributed by atoms with Gasteiger partial charge in [0.15, 0.2) is 0 Å². The first-order chi connectivity index (χ1) is 13.9. The Bertz CT molecular complexity index is 893. The van der Waals surface area contributed by atoms with E-state index in [4.69, 9.17) is 21.1 Å². The van der Waals surface area contributed by atoms with Gasteiger partial charge in [-0.2, -0.15) is 0 Å². The second-order valence-electron chi connectivity index (χ2n) is 7.82. The monoisotopic (exact) mass is 458 g/mol. The van der Waals surface area contributed by atoms with E-state index >= 15 is 0 Å². The number of rotatable bonds is 6. The van der Waals surface area contributed by atoms with Crippen LogP contribution in [0.2, 0.25) is 5.02 Å². The number of hydrogen-bond acceptors (Lipinski definition) is 6. The minimum Gasteiger partial charge on any atom is -0.463 e. The molecule has 1 N–H and O–H groups in total. The molecule has 1 aliphatic rings. The summed E-state index contributed by atoms with van der Waals surface area (Å²) in [7, 11) is -3.81. The molecular formula is C20H27ClN2O6S. The molecule has 166 valence electrons. The lowest BCUT2D eigenvalue weighted by atomic mass is 10.1. The number of nitrogens with zero attached hydrogens (tertiary/aromatic N) is 1. The molecule has 1 aromatic carbocycles. The molecule has 0 aromatic heterocycles. The van der Waals surface area contributed by atoms with Crippen molar-refractivity contribution in [2.45, 2.75) is 56.7 Å². The molecule has 0 spiro atoms. The Hall–Kier alpha value is -2.10. The van der Waals surface area contributed by atoms with E-state index in [9.17, 15) is 18.0 Å². The Balaban J connectivity index is 2.18. The third-order valence-electron chi connectivity index (χ3n) is 4.16. The number of carbonyl (C=O) groups is 2. The maximum absolute atomic E-state index is 12.7. The fourth-order valence-electron chi connectivity index (χ4n) is 2.95. The Morgan fingerprint density at radius 1 is 1.27 bits per heavy atom. The summed E-state index contributed by atoms with van der Waals surface area (Å²) in [6.07, 6.45) is 2.46. The van der Waals surface area contributed by atoms with Crippen LogP contribution in [0.25, 0.3) is 0 Å². The van der Waals surface area contributed by atoms with Crippen LogP contribution in [0.15, 0.2) is 41.3 Å². The number of amides is 1. The van der Waals surface area contributed by atoms with E-state index in [1.54, 1.807) is 27.7 Å². The molecule has 0 saturated carbocycles. The van der Waals surface area contributed by atoms with Crippen molar-refractivity contribution in [3.05, 3.63) is 41.4 Å². The molecule has 0 aliphatic carbocycles. The first kappa shape index (κ1) is 24.2. The number of esters is 1. The second-order valence-corrected chi connectivity index (χ2v) is 9.97. The number of sulfonamides is 1. The smallest absolute Gasteiger partial charge is 0.410 e. The van der Waals surface area contributed by atoms with Crippen LogP contribution in [0.4, 0.5) is 4.79 Å². The molecule has 0 radical (unpaired) electrons. The molecule has 1 fully saturated rings. The zero-order chi connectivity index (χ0) is 22.5. The highest BCUT2D eigenvalue weighted by atomic mass is 35.5. The summed E-state index contributed by atoms with van der Waals surface area (Å²) in [6, 6.07) is 4.70. The lowest BCUT2D eigenvalue weighted by Gasteiger charge is -2.27. The molecule has 1 amide bonds. The summed E-state index contributed by atoms with van der Waals surface area (Å²) in [5.74, 6) is -0.535. The topological polar surface area (TPSA) is 102 Å². The van der Waals surface area contributed by atoms with Crippen molar-refractivity contribution < 1.29 is 27.5 Å². The van der Waals surface area contributed by atoms with Gasteiger partial charge in [0.05, 0.1) is 17.5 Å². The highest BCUT2D eigenvalue weighted by Gasteiger charge is 2.38. The van der Waals surface area contributed by atoms with Crippen LogP contribution in [0.1, 0.15) is 34.1 Å². The fourth-order valence-corrected chi connectivity index (χ4v) is 4.31. The third kappa shape index (κ3) is 7.00. The molecule has 1 saturated heterocycles. The van der Waals surface area contributed by atoms with Gasteiger partial charge in [0.25, 0.3) is 0 Å². The Labute approximate surface area is 182 Å². The number of carbonyl (C=O) groups excluding carboxylic acids is 2. The van der Waals surface area contributed by atoms with Crippen molar-refractivity contribution in [2.24, 2.45) is 0 Å². The first-order valence-corrected chi connectivity index (χ1v) is 11.4. The molecule has 0 unspecified atom stereocenters. The van der Waals surface area contributed by atoms with E-state index < -0.39 is 39.8 Å². The van der Waals surface area contributed by atoms with E-state index in [0.717, 1.165) is 0 Å². The van der Waals surface area contributed by atoms with Crippen LogP contribution < -0.4 is 4.72 Å². The maximum atomic E-state index is 12.7. The van der Waals surface area contributed by atoms with Crippen LogP contribution in [0.3, 0.4) is 0 Å². The van der Waals surface area contributed by atoms with E-state index in [-0.39, 0.29) is 24.5 Å². The van der Waals surface area contributed by atoms with E-state index in [2.05, 4.69) is 4.72 Å². The molecular weight excluding hydrogens is 432 g/mol. The van der Waals surface area contributed by atoms with E-state index in [1.807, 2.05) is 0 Å². The summed E-state index contributed by atoms with van der Waals surface area (Å²) in [4.78, 5) is 25.8. The Morgan fingerprint density at radius 2 is 1.90 bits per heavy atom. The normalized spacial score (nSPS) is 19.8. The van der Waals surface area contributed by atoms with Crippen LogP contribution in [0, 0.1) is 0 Å². The molecule has 0 bridgehead atoms. The fraction of sp³-hybridized carbons (Fsp3) is 0.500. The molecule has 8 nitrogen and oxygen atoms in total. The van der Waals surface area contributed by atoms with Gasteiger partial charge in [0.2, 0.25) is 10.0 Å². The maximum Gasteiger partial charge on any atom is 0.410 e. The quantitative estimate of drug-likeness (QED) is 0.519. The zero-order valence-electron chi connectivity index (χ0n) is 17.4. The highest BCUT2D eigenvalue weighted by Crippen LogP contribution is 2.24. The van der Waals surface area contributed by atoms with Gasteiger partial charge in [-0.15, -0.1) is 0 Å². The summed E-state index contributed by atoms with van der Waals surface area (Å²) in [5, 5.41) is 0.426. The standard InChI is InChI=1S/C20H27ClN2O6S/c1-5-28-18(24)11-8-16-12-15(13-23(16)19(25)29-20(2,3)4)22-30(26,27)17-9-6-14(21)7-10-17/h6-11,15-16,22H,5,12-13H2,1-4H3/t15-,16-/m1/s1. The largest absolute Gasteiger partial charge is 0.463 e. The number of ether oxygens (including phenoxy) is 2. The van der Waals surface area contributed by atoms with Crippen molar-refractivity contribution in [1.82, 2.24) is 9.62 Å². The Kier molecular flexibility index (Phi) is 7.90. The average Bonchev–Trinajstić information content (AvgIpc) is 3.01. The van der Waals surface area contributed by atoms with Gasteiger partial charge in [-0.3, -0.25) is 0 Å². The number of hydrogen-bond donors (Lipinski definition) is 1. The number of nitrogens with one attached hydrogen (secondary N) is 1. The third-order valence-corrected chi connectivity index (χ3v) is 5.95. The highest BCUT2D eigenvalue weighted by molar-refractivity contribution is 7.89. The lowest BCUT2D eigenvalue weighted by molar-refractivity contribution is -0.137. The van der Waals surface area contributed by atoms with Crippen molar-refractivity contribution in [2.75, 3.05) is 13.2 Å². The first-order valence-electron chi connectivity index (χ1n) is 9.54. The van der Waals surface area contributed by atoms with Gasteiger partial charge in [-0.05, 0) is 58.4 Å². The molecule has 30 heavy (non-hydrogen) atoms. The molecule has 1 aliphatic heterocycles. The molecule has 2 rings (SSSR count). The van der Waals surface area contributed by atoms with Crippen molar-refractivity contribution >= 4 is 33.7 Å². The van der Waals surface area contributed by atoms with Crippen LogP contribution in [0.5, 0.6) is 0 Å². The summed E-state index contributed by atoms with van der Waals surface area (Å²) < 4.78 is 38.3. The number of halogens is 1. The minimum atomic E-state index is -3.81. The number of benzene rings is 1. The van der Waals surface area contributed by atoms with E-state index in [1.165, 1.54) is 41.3 Å². The predicted octanol–water partition coefficient (Wildman–Crippen LogP) is 3.12. The van der Waals surface area contributed by atoms with E-state index in [0.29, 0.717) is 5.02 Å². The van der Waals surface area contributed by atoms with Gasteiger partial charge in [0.1, 0.15) is 5.60 Å². The average molecular weight is 459 g/mol.